The Bertz CT molecular complexity index is 312. The van der Waals surface area contributed by atoms with E-state index in [0.717, 1.165) is 25.3 Å². The minimum absolute atomic E-state index is 0.221. The molecule has 1 rings (SSSR count). The number of thioether (sulfide) groups is 1. The molecule has 19 heavy (non-hydrogen) atoms. The Kier molecular flexibility index (Phi) is 7.23. The van der Waals surface area contributed by atoms with E-state index in [1.807, 2.05) is 18.7 Å². The Hall–Kier alpha value is -0.750. The van der Waals surface area contributed by atoms with Gasteiger partial charge in [0, 0.05) is 18.8 Å². The van der Waals surface area contributed by atoms with Gasteiger partial charge in [0.25, 0.3) is 0 Å². The van der Waals surface area contributed by atoms with E-state index in [4.69, 9.17) is 0 Å². The Morgan fingerprint density at radius 1 is 1.42 bits per heavy atom. The fraction of sp³-hybridized carbons (Fsp3) is 0.846. The smallest absolute Gasteiger partial charge is 0.321 e. The molecule has 0 aromatic rings. The van der Waals surface area contributed by atoms with Gasteiger partial charge in [-0.1, -0.05) is 13.3 Å². The summed E-state index contributed by atoms with van der Waals surface area (Å²) in [5.74, 6) is 0.888. The van der Waals surface area contributed by atoms with Crippen molar-refractivity contribution in [3.05, 3.63) is 0 Å². The van der Waals surface area contributed by atoms with Gasteiger partial charge in [0.2, 0.25) is 5.91 Å². The van der Waals surface area contributed by atoms with Crippen LogP contribution in [0.3, 0.4) is 0 Å². The number of hydrogen-bond donors (Lipinski definition) is 2. The molecule has 0 unspecified atom stereocenters. The second-order valence-electron chi connectivity index (χ2n) is 4.81. The van der Waals surface area contributed by atoms with Gasteiger partial charge >= 0.3 is 6.03 Å². The summed E-state index contributed by atoms with van der Waals surface area (Å²) in [5.41, 5.74) is 0. The lowest BCUT2D eigenvalue weighted by atomic mass is 10.2. The molecule has 5 nitrogen and oxygen atoms in total. The van der Waals surface area contributed by atoms with Crippen molar-refractivity contribution < 1.29 is 9.59 Å². The number of amides is 3. The number of nitrogens with zero attached hydrogens (tertiary/aromatic N) is 1. The van der Waals surface area contributed by atoms with Crippen LogP contribution in [0, 0.1) is 0 Å². The first kappa shape index (κ1) is 16.3. The zero-order valence-electron chi connectivity index (χ0n) is 12.1. The molecule has 1 aliphatic heterocycles. The predicted molar refractivity (Wildman–Crippen MR) is 79.4 cm³/mol. The second kappa shape index (κ2) is 8.43. The van der Waals surface area contributed by atoms with Crippen LogP contribution in [0.4, 0.5) is 4.79 Å². The number of imide groups is 1. The predicted octanol–water partition coefficient (Wildman–Crippen LogP) is 1.44. The molecule has 6 heteroatoms. The van der Waals surface area contributed by atoms with Crippen molar-refractivity contribution in [1.82, 2.24) is 15.5 Å². The van der Waals surface area contributed by atoms with Gasteiger partial charge in [0.1, 0.15) is 0 Å². The van der Waals surface area contributed by atoms with E-state index in [1.54, 1.807) is 0 Å². The van der Waals surface area contributed by atoms with Gasteiger partial charge in [-0.25, -0.2) is 4.79 Å². The molecule has 110 valence electrons. The zero-order chi connectivity index (χ0) is 14.3. The van der Waals surface area contributed by atoms with E-state index in [9.17, 15) is 9.59 Å². The van der Waals surface area contributed by atoms with Gasteiger partial charge in [-0.05, 0) is 32.1 Å². The molecular weight excluding hydrogens is 262 g/mol. The summed E-state index contributed by atoms with van der Waals surface area (Å²) in [4.78, 5) is 25.3. The fourth-order valence-electron chi connectivity index (χ4n) is 2.30. The monoisotopic (exact) mass is 287 g/mol. The summed E-state index contributed by atoms with van der Waals surface area (Å²) in [6, 6.07) is -0.693. The van der Waals surface area contributed by atoms with E-state index in [-0.39, 0.29) is 11.9 Å². The molecule has 1 saturated heterocycles. The summed E-state index contributed by atoms with van der Waals surface area (Å²) < 4.78 is 0. The highest BCUT2D eigenvalue weighted by Crippen LogP contribution is 2.23. The Morgan fingerprint density at radius 2 is 2.16 bits per heavy atom. The van der Waals surface area contributed by atoms with Crippen molar-refractivity contribution in [1.29, 1.82) is 0 Å². The quantitative estimate of drug-likeness (QED) is 0.821. The minimum Gasteiger partial charge on any atom is -0.341 e. The van der Waals surface area contributed by atoms with Crippen LogP contribution in [0.5, 0.6) is 0 Å². The van der Waals surface area contributed by atoms with E-state index in [1.165, 1.54) is 19.9 Å². The standard InChI is InChI=1S/C13H25N3O2S/c1-4-19-11-7-5-6-8-16(9-11)10(2)12(17)15-13(18)14-3/h10-11H,4-9H2,1-3H3,(H2,14,15,17,18)/t10-,11-/m0/s1. The summed E-state index contributed by atoms with van der Waals surface area (Å²) in [5, 5.41) is 5.36. The van der Waals surface area contributed by atoms with Crippen LogP contribution in [0.2, 0.25) is 0 Å². The number of hydrogen-bond acceptors (Lipinski definition) is 4. The lowest BCUT2D eigenvalue weighted by Gasteiger charge is -2.28. The molecule has 0 bridgehead atoms. The summed E-state index contributed by atoms with van der Waals surface area (Å²) >= 11 is 1.96. The number of nitrogens with one attached hydrogen (secondary N) is 2. The van der Waals surface area contributed by atoms with Gasteiger partial charge in [-0.15, -0.1) is 0 Å². The first-order valence-electron chi connectivity index (χ1n) is 6.96. The number of carbonyl (C=O) groups is 2. The number of urea groups is 1. The highest BCUT2D eigenvalue weighted by molar-refractivity contribution is 7.99. The molecule has 3 amide bonds. The average Bonchev–Trinajstić information content (AvgIpc) is 2.63. The molecule has 0 spiro atoms. The third-order valence-electron chi connectivity index (χ3n) is 3.45. The molecule has 1 fully saturated rings. The zero-order valence-corrected chi connectivity index (χ0v) is 12.9. The van der Waals surface area contributed by atoms with E-state index >= 15 is 0 Å². The van der Waals surface area contributed by atoms with Crippen molar-refractivity contribution in [2.24, 2.45) is 0 Å². The molecule has 0 saturated carbocycles. The second-order valence-corrected chi connectivity index (χ2v) is 6.39. The van der Waals surface area contributed by atoms with Crippen molar-refractivity contribution in [3.8, 4) is 0 Å². The van der Waals surface area contributed by atoms with Crippen LogP contribution in [0.1, 0.15) is 33.1 Å². The topological polar surface area (TPSA) is 61.4 Å². The number of rotatable bonds is 4. The van der Waals surface area contributed by atoms with Crippen LogP contribution in [0.15, 0.2) is 0 Å². The highest BCUT2D eigenvalue weighted by Gasteiger charge is 2.26. The number of carbonyl (C=O) groups excluding carboxylic acids is 2. The van der Waals surface area contributed by atoms with Crippen molar-refractivity contribution in [2.75, 3.05) is 25.9 Å². The molecule has 1 aliphatic rings. The maximum absolute atomic E-state index is 12.0. The van der Waals surface area contributed by atoms with Crippen molar-refractivity contribution in [2.45, 2.75) is 44.4 Å². The fourth-order valence-corrected chi connectivity index (χ4v) is 3.40. The minimum atomic E-state index is -0.439. The molecule has 0 aliphatic carbocycles. The molecule has 1 heterocycles. The van der Waals surface area contributed by atoms with Gasteiger partial charge in [0.05, 0.1) is 6.04 Å². The first-order chi connectivity index (χ1) is 9.08. The molecule has 2 atom stereocenters. The molecule has 0 radical (unpaired) electrons. The van der Waals surface area contributed by atoms with E-state index < -0.39 is 6.03 Å². The largest absolute Gasteiger partial charge is 0.341 e. The van der Waals surface area contributed by atoms with Gasteiger partial charge in [-0.2, -0.15) is 11.8 Å². The maximum Gasteiger partial charge on any atom is 0.321 e. The highest BCUT2D eigenvalue weighted by atomic mass is 32.2. The van der Waals surface area contributed by atoms with Gasteiger partial charge < -0.3 is 5.32 Å². The molecular formula is C13H25N3O2S. The average molecular weight is 287 g/mol. The van der Waals surface area contributed by atoms with Gasteiger partial charge in [-0.3, -0.25) is 15.0 Å². The Morgan fingerprint density at radius 3 is 2.79 bits per heavy atom. The van der Waals surface area contributed by atoms with Crippen LogP contribution in [-0.4, -0.2) is 54.0 Å². The van der Waals surface area contributed by atoms with E-state index in [0.29, 0.717) is 5.25 Å². The summed E-state index contributed by atoms with van der Waals surface area (Å²) in [7, 11) is 1.51. The summed E-state index contributed by atoms with van der Waals surface area (Å²) in [6.45, 7) is 5.91. The van der Waals surface area contributed by atoms with Crippen molar-refractivity contribution >= 4 is 23.7 Å². The van der Waals surface area contributed by atoms with Gasteiger partial charge in [0.15, 0.2) is 0 Å². The van der Waals surface area contributed by atoms with Crippen molar-refractivity contribution in [3.63, 3.8) is 0 Å². The van der Waals surface area contributed by atoms with Crippen LogP contribution >= 0.6 is 11.8 Å². The lowest BCUT2D eigenvalue weighted by Crippen LogP contribution is -2.50. The Labute approximate surface area is 119 Å². The summed E-state index contributed by atoms with van der Waals surface area (Å²) in [6.07, 6.45) is 3.56. The first-order valence-corrected chi connectivity index (χ1v) is 8.01. The third-order valence-corrected chi connectivity index (χ3v) is 4.64. The lowest BCUT2D eigenvalue weighted by molar-refractivity contribution is -0.124. The normalized spacial score (nSPS) is 22.4. The molecule has 0 aromatic heterocycles. The molecule has 2 N–H and O–H groups in total. The van der Waals surface area contributed by atoms with Crippen LogP contribution in [0.25, 0.3) is 0 Å². The SMILES string of the molecule is CCS[C@H]1CCCCN([C@@H](C)C(=O)NC(=O)NC)C1. The van der Waals surface area contributed by atoms with Crippen LogP contribution < -0.4 is 10.6 Å². The molecule has 0 aromatic carbocycles. The van der Waals surface area contributed by atoms with E-state index in [2.05, 4.69) is 22.5 Å². The maximum atomic E-state index is 12.0. The third kappa shape index (κ3) is 5.40. The van der Waals surface area contributed by atoms with Crippen LogP contribution in [-0.2, 0) is 4.79 Å². The number of likely N-dealkylation sites (tertiary alicyclic amines) is 1. The Balaban J connectivity index is 2.55.